The van der Waals surface area contributed by atoms with Crippen molar-refractivity contribution in [2.24, 2.45) is 16.0 Å². The predicted octanol–water partition coefficient (Wildman–Crippen LogP) is 5.48. The van der Waals surface area contributed by atoms with Crippen molar-refractivity contribution in [2.45, 2.75) is 13.5 Å². The van der Waals surface area contributed by atoms with Gasteiger partial charge in [0.05, 0.1) is 36.7 Å². The molecular formula is C29H29Cl2N5O3S. The highest BCUT2D eigenvalue weighted by Crippen LogP contribution is 2.38. The van der Waals surface area contributed by atoms with Crippen molar-refractivity contribution in [1.82, 2.24) is 9.91 Å². The fourth-order valence-corrected chi connectivity index (χ4v) is 6.02. The Bertz CT molecular complexity index is 1450. The maximum Gasteiger partial charge on any atom is 0.302 e. The van der Waals surface area contributed by atoms with Gasteiger partial charge in [0.2, 0.25) is 0 Å². The summed E-state index contributed by atoms with van der Waals surface area (Å²) in [4.78, 5) is 32.8. The van der Waals surface area contributed by atoms with E-state index < -0.39 is 0 Å². The maximum atomic E-state index is 13.0. The van der Waals surface area contributed by atoms with Gasteiger partial charge in [-0.3, -0.25) is 19.5 Å². The van der Waals surface area contributed by atoms with E-state index in [1.165, 1.54) is 16.8 Å². The third-order valence-corrected chi connectivity index (χ3v) is 8.36. The van der Waals surface area contributed by atoms with Gasteiger partial charge in [0.15, 0.2) is 0 Å². The van der Waals surface area contributed by atoms with Crippen LogP contribution in [0, 0.1) is 5.92 Å². The molecule has 0 radical (unpaired) electrons. The van der Waals surface area contributed by atoms with E-state index in [1.54, 1.807) is 0 Å². The molecule has 1 fully saturated rings. The molecule has 0 spiro atoms. The summed E-state index contributed by atoms with van der Waals surface area (Å²) >= 11 is 7.26. The highest BCUT2D eigenvalue weighted by atomic mass is 35.5. The first-order valence-electron chi connectivity index (χ1n) is 12.9. The molecule has 6 rings (SSSR count). The number of aliphatic imine (C=N–C) groups is 1. The number of amides is 2. The van der Waals surface area contributed by atoms with Gasteiger partial charge in [-0.15, -0.1) is 12.4 Å². The number of ether oxygens (including phenoxy) is 1. The Morgan fingerprint density at radius 3 is 2.70 bits per heavy atom. The Labute approximate surface area is 248 Å². The number of halogens is 2. The molecule has 0 aromatic heterocycles. The average molecular weight is 599 g/mol. The van der Waals surface area contributed by atoms with E-state index in [4.69, 9.17) is 16.3 Å². The van der Waals surface area contributed by atoms with Crippen molar-refractivity contribution in [3.63, 3.8) is 0 Å². The number of nitrogens with zero attached hydrogens (tertiary/aromatic N) is 4. The molecule has 0 bridgehead atoms. The molecule has 1 unspecified atom stereocenters. The zero-order valence-corrected chi connectivity index (χ0v) is 24.3. The second-order valence-electron chi connectivity index (χ2n) is 9.91. The zero-order chi connectivity index (χ0) is 26.9. The van der Waals surface area contributed by atoms with Crippen LogP contribution >= 0.6 is 35.8 Å². The number of nitrogens with one attached hydrogen (secondary N) is 1. The van der Waals surface area contributed by atoms with E-state index in [-0.39, 0.29) is 29.5 Å². The quantitative estimate of drug-likeness (QED) is 0.446. The van der Waals surface area contributed by atoms with E-state index in [9.17, 15) is 9.59 Å². The molecular weight excluding hydrogens is 569 g/mol. The molecule has 40 heavy (non-hydrogen) atoms. The van der Waals surface area contributed by atoms with Crippen LogP contribution in [-0.2, 0) is 16.1 Å². The summed E-state index contributed by atoms with van der Waals surface area (Å²) in [6, 6.07) is 13.2. The Kier molecular flexibility index (Phi) is 8.77. The first-order valence-corrected chi connectivity index (χ1v) is 14.3. The first kappa shape index (κ1) is 28.6. The lowest BCUT2D eigenvalue weighted by Crippen LogP contribution is -2.39. The van der Waals surface area contributed by atoms with Crippen LogP contribution in [0.15, 0.2) is 69.9 Å². The van der Waals surface area contributed by atoms with Crippen LogP contribution in [0.25, 0.3) is 5.57 Å². The van der Waals surface area contributed by atoms with E-state index in [0.717, 1.165) is 72.2 Å². The van der Waals surface area contributed by atoms with Gasteiger partial charge < -0.3 is 10.1 Å². The van der Waals surface area contributed by atoms with E-state index >= 15 is 0 Å². The lowest BCUT2D eigenvalue weighted by molar-refractivity contribution is -0.110. The minimum absolute atomic E-state index is 0. The van der Waals surface area contributed by atoms with Gasteiger partial charge in [-0.2, -0.15) is 5.10 Å². The number of hydrogen-bond acceptors (Lipinski definition) is 7. The molecule has 4 aliphatic rings. The van der Waals surface area contributed by atoms with Crippen molar-refractivity contribution in [3.8, 4) is 0 Å². The van der Waals surface area contributed by atoms with Gasteiger partial charge >= 0.3 is 5.24 Å². The summed E-state index contributed by atoms with van der Waals surface area (Å²) < 4.78 is 5.45. The largest absolute Gasteiger partial charge is 0.379 e. The molecule has 0 saturated carbocycles. The molecule has 1 saturated heterocycles. The second kappa shape index (κ2) is 12.3. The summed E-state index contributed by atoms with van der Waals surface area (Å²) in [6.07, 6.45) is 4.11. The predicted molar refractivity (Wildman–Crippen MR) is 164 cm³/mol. The maximum absolute atomic E-state index is 13.0. The number of benzene rings is 2. The number of allylic oxidation sites excluding steroid dienone is 1. The molecule has 2 aromatic rings. The molecule has 11 heteroatoms. The number of rotatable bonds is 6. The summed E-state index contributed by atoms with van der Waals surface area (Å²) in [5.74, 6) is 0.577. The van der Waals surface area contributed by atoms with Crippen LogP contribution in [0.3, 0.4) is 0 Å². The van der Waals surface area contributed by atoms with Gasteiger partial charge in [0.1, 0.15) is 0 Å². The molecule has 2 amide bonds. The fourth-order valence-electron chi connectivity index (χ4n) is 5.16. The van der Waals surface area contributed by atoms with Crippen molar-refractivity contribution in [2.75, 3.05) is 43.9 Å². The van der Waals surface area contributed by atoms with Crippen molar-refractivity contribution >= 4 is 70.1 Å². The number of carbonyl (C=O) groups is 2. The summed E-state index contributed by atoms with van der Waals surface area (Å²) in [6.45, 7) is 6.53. The Balaban J connectivity index is 0.00000323. The van der Waals surface area contributed by atoms with Crippen LogP contribution < -0.4 is 5.32 Å². The third kappa shape index (κ3) is 6.04. The van der Waals surface area contributed by atoms with E-state index in [0.29, 0.717) is 22.9 Å². The Hall–Kier alpha value is -2.95. The van der Waals surface area contributed by atoms with Crippen LogP contribution in [0.2, 0.25) is 5.02 Å². The number of morpholine rings is 1. The summed E-state index contributed by atoms with van der Waals surface area (Å²) in [7, 11) is 0. The number of thioether (sulfide) groups is 1. The molecule has 8 nitrogen and oxygen atoms in total. The Morgan fingerprint density at radius 2 is 1.93 bits per heavy atom. The highest BCUT2D eigenvalue weighted by Gasteiger charge is 2.30. The normalized spacial score (nSPS) is 21.9. The van der Waals surface area contributed by atoms with Crippen molar-refractivity contribution in [3.05, 3.63) is 81.5 Å². The lowest BCUT2D eigenvalue weighted by atomic mass is 9.97. The molecule has 208 valence electrons. The summed E-state index contributed by atoms with van der Waals surface area (Å²) in [5.41, 5.74) is 6.52. The fraction of sp³-hybridized carbons (Fsp3) is 0.310. The number of carbonyl (C=O) groups excluding carboxylic acids is 2. The lowest BCUT2D eigenvalue weighted by Gasteiger charge is -2.27. The van der Waals surface area contributed by atoms with Gasteiger partial charge in [-0.25, -0.2) is 5.01 Å². The van der Waals surface area contributed by atoms with Gasteiger partial charge in [-0.05, 0) is 54.0 Å². The highest BCUT2D eigenvalue weighted by molar-refractivity contribution is 8.14. The number of hydrogen-bond donors (Lipinski definition) is 1. The summed E-state index contributed by atoms with van der Waals surface area (Å²) in [5, 5.41) is 9.66. The standard InChI is InChI=1S/C29H28ClN5O3S.ClH/c1-18(25-13-20(14-31-25)15-34-8-10-38-11-9-34)27-23-12-19(2-7-24(23)32-28(27)36)16-35-29(37)39-17-26(33-35)21-3-5-22(30)6-4-21;/h2-7,12-14,20H,8-11,15-17H2,1H3,(H,32,36);1H/b27-18+;. The number of hydrazone groups is 1. The van der Waals surface area contributed by atoms with E-state index in [2.05, 4.69) is 26.4 Å². The first-order chi connectivity index (χ1) is 18.9. The number of fused-ring (bicyclic) bond motifs is 1. The molecule has 1 N–H and O–H groups in total. The monoisotopic (exact) mass is 597 g/mol. The minimum atomic E-state index is -0.139. The minimum Gasteiger partial charge on any atom is -0.379 e. The van der Waals surface area contributed by atoms with Gasteiger partial charge in [-0.1, -0.05) is 41.6 Å². The van der Waals surface area contributed by atoms with E-state index in [1.807, 2.05) is 55.6 Å². The van der Waals surface area contributed by atoms with Crippen molar-refractivity contribution in [1.29, 1.82) is 0 Å². The molecule has 0 aliphatic carbocycles. The molecule has 2 aromatic carbocycles. The van der Waals surface area contributed by atoms with Gasteiger partial charge in [0.25, 0.3) is 5.91 Å². The Morgan fingerprint density at radius 1 is 1.15 bits per heavy atom. The van der Waals surface area contributed by atoms with Crippen molar-refractivity contribution < 1.29 is 14.3 Å². The molecule has 4 heterocycles. The SMILES string of the molecule is C/C(C1=CC(CN2CCOCC2)C=N1)=C1\C(=O)Nc2ccc(CN3N=C(c4ccc(Cl)cc4)CSC3=O)cc21.Cl. The van der Waals surface area contributed by atoms with Crippen LogP contribution in [0.5, 0.6) is 0 Å². The zero-order valence-electron chi connectivity index (χ0n) is 21.9. The second-order valence-corrected chi connectivity index (χ2v) is 11.3. The molecule has 1 atom stereocenters. The van der Waals surface area contributed by atoms with Crippen LogP contribution in [-0.4, -0.2) is 71.6 Å². The van der Waals surface area contributed by atoms with Crippen LogP contribution in [0.1, 0.15) is 23.6 Å². The topological polar surface area (TPSA) is 86.6 Å². The number of anilines is 1. The van der Waals surface area contributed by atoms with Gasteiger partial charge in [0, 0.05) is 53.8 Å². The average Bonchev–Trinajstić information content (AvgIpc) is 3.54. The van der Waals surface area contributed by atoms with Crippen LogP contribution in [0.4, 0.5) is 10.5 Å². The third-order valence-electron chi connectivity index (χ3n) is 7.23. The molecule has 4 aliphatic heterocycles. The smallest absolute Gasteiger partial charge is 0.302 e.